The number of nitrogens with zero attached hydrogens (tertiary/aromatic N) is 1. The zero-order valence-electron chi connectivity index (χ0n) is 11.0. The highest BCUT2D eigenvalue weighted by Crippen LogP contribution is 2.42. The number of rotatable bonds is 5. The molecule has 106 valence electrons. The Morgan fingerprint density at radius 2 is 1.85 bits per heavy atom. The molecule has 0 aliphatic heterocycles. The van der Waals surface area contributed by atoms with E-state index < -0.39 is 11.9 Å². The minimum absolute atomic E-state index is 0.0655. The quantitative estimate of drug-likeness (QED) is 0.896. The smallest absolute Gasteiger partial charge is 0.307 e. The van der Waals surface area contributed by atoms with Gasteiger partial charge in [0.25, 0.3) is 0 Å². The van der Waals surface area contributed by atoms with Gasteiger partial charge in [-0.05, 0) is 37.0 Å². The van der Waals surface area contributed by atoms with Crippen molar-refractivity contribution in [1.82, 2.24) is 4.90 Å². The van der Waals surface area contributed by atoms with E-state index in [9.17, 15) is 14.0 Å². The van der Waals surface area contributed by atoms with E-state index in [0.29, 0.717) is 13.0 Å². The molecule has 0 unspecified atom stereocenters. The van der Waals surface area contributed by atoms with Gasteiger partial charge in [-0.3, -0.25) is 9.59 Å². The van der Waals surface area contributed by atoms with Crippen molar-refractivity contribution in [3.05, 3.63) is 35.6 Å². The van der Waals surface area contributed by atoms with Gasteiger partial charge in [0.05, 0.1) is 11.8 Å². The average Bonchev–Trinajstić information content (AvgIpc) is 3.28. The maximum Gasteiger partial charge on any atom is 0.307 e. The van der Waals surface area contributed by atoms with E-state index in [1.807, 2.05) is 0 Å². The number of benzene rings is 1. The summed E-state index contributed by atoms with van der Waals surface area (Å²) >= 11 is 0. The molecule has 2 fully saturated rings. The molecule has 0 radical (unpaired) electrons. The molecule has 0 spiro atoms. The predicted octanol–water partition coefficient (Wildman–Crippen LogP) is 2.04. The Balaban J connectivity index is 1.68. The number of carboxylic acid groups (broad SMARTS) is 1. The Labute approximate surface area is 116 Å². The van der Waals surface area contributed by atoms with Gasteiger partial charge in [-0.2, -0.15) is 0 Å². The SMILES string of the molecule is O=C(O)[C@H]1C[C@@H]1C(=O)N(Cc1ccc(F)cc1)C1CC1. The van der Waals surface area contributed by atoms with Crippen LogP contribution in [0.3, 0.4) is 0 Å². The molecule has 1 aromatic rings. The summed E-state index contributed by atoms with van der Waals surface area (Å²) in [5.74, 6) is -2.14. The molecule has 2 saturated carbocycles. The monoisotopic (exact) mass is 277 g/mol. The van der Waals surface area contributed by atoms with Gasteiger partial charge in [0.15, 0.2) is 0 Å². The standard InChI is InChI=1S/C15H16FNO3/c16-10-3-1-9(2-4-10)8-17(11-5-6-11)14(18)12-7-13(12)15(19)20/h1-4,11-13H,5-8H2,(H,19,20)/t12-,13-/m0/s1. The van der Waals surface area contributed by atoms with Crippen molar-refractivity contribution in [2.75, 3.05) is 0 Å². The highest BCUT2D eigenvalue weighted by Gasteiger charge is 2.51. The molecule has 1 amide bonds. The van der Waals surface area contributed by atoms with Gasteiger partial charge in [-0.25, -0.2) is 4.39 Å². The molecule has 4 nitrogen and oxygen atoms in total. The van der Waals surface area contributed by atoms with Crippen LogP contribution in [0.5, 0.6) is 0 Å². The normalized spacial score (nSPS) is 24.2. The molecule has 3 rings (SSSR count). The van der Waals surface area contributed by atoms with Gasteiger partial charge in [-0.15, -0.1) is 0 Å². The maximum atomic E-state index is 12.9. The van der Waals surface area contributed by atoms with E-state index in [1.54, 1.807) is 17.0 Å². The van der Waals surface area contributed by atoms with E-state index >= 15 is 0 Å². The van der Waals surface area contributed by atoms with E-state index in [-0.39, 0.29) is 23.7 Å². The van der Waals surface area contributed by atoms with Crippen LogP contribution in [0.15, 0.2) is 24.3 Å². The molecule has 0 aromatic heterocycles. The maximum absolute atomic E-state index is 12.9. The molecular formula is C15H16FNO3. The van der Waals surface area contributed by atoms with Crippen LogP contribution >= 0.6 is 0 Å². The van der Waals surface area contributed by atoms with Gasteiger partial charge in [0, 0.05) is 12.6 Å². The van der Waals surface area contributed by atoms with Crippen LogP contribution in [0.1, 0.15) is 24.8 Å². The zero-order chi connectivity index (χ0) is 14.3. The summed E-state index contributed by atoms with van der Waals surface area (Å²) in [4.78, 5) is 25.0. The minimum atomic E-state index is -0.888. The Bertz CT molecular complexity index is 539. The molecule has 2 atom stereocenters. The third-order valence-electron chi connectivity index (χ3n) is 3.96. The summed E-state index contributed by atoms with van der Waals surface area (Å²) in [7, 11) is 0. The summed E-state index contributed by atoms with van der Waals surface area (Å²) in [6.45, 7) is 0.437. The lowest BCUT2D eigenvalue weighted by molar-refractivity contribution is -0.142. The fraction of sp³-hybridized carbons (Fsp3) is 0.467. The minimum Gasteiger partial charge on any atom is -0.481 e. The van der Waals surface area contributed by atoms with Crippen LogP contribution in [0.25, 0.3) is 0 Å². The second-order valence-electron chi connectivity index (χ2n) is 5.61. The third-order valence-corrected chi connectivity index (χ3v) is 3.96. The molecule has 5 heteroatoms. The summed E-state index contributed by atoms with van der Waals surface area (Å²) in [6, 6.07) is 6.31. The number of carbonyl (C=O) groups excluding carboxylic acids is 1. The Morgan fingerprint density at radius 3 is 2.35 bits per heavy atom. The molecule has 2 aliphatic carbocycles. The van der Waals surface area contributed by atoms with Gasteiger partial charge in [-0.1, -0.05) is 12.1 Å². The fourth-order valence-corrected chi connectivity index (χ4v) is 2.51. The highest BCUT2D eigenvalue weighted by molar-refractivity contribution is 5.89. The second kappa shape index (κ2) is 4.89. The van der Waals surface area contributed by atoms with Crippen LogP contribution in [-0.4, -0.2) is 27.9 Å². The number of hydrogen-bond donors (Lipinski definition) is 1. The van der Waals surface area contributed by atoms with Gasteiger partial charge in [0.2, 0.25) is 5.91 Å². The molecule has 20 heavy (non-hydrogen) atoms. The van der Waals surface area contributed by atoms with Crippen molar-refractivity contribution in [2.24, 2.45) is 11.8 Å². The van der Waals surface area contributed by atoms with Crippen LogP contribution in [-0.2, 0) is 16.1 Å². The molecule has 0 saturated heterocycles. The lowest BCUT2D eigenvalue weighted by Gasteiger charge is -2.22. The zero-order valence-corrected chi connectivity index (χ0v) is 11.0. The van der Waals surface area contributed by atoms with E-state index in [1.165, 1.54) is 12.1 Å². The van der Waals surface area contributed by atoms with Gasteiger partial charge < -0.3 is 10.0 Å². The Morgan fingerprint density at radius 1 is 1.20 bits per heavy atom. The van der Waals surface area contributed by atoms with Crippen LogP contribution in [0.4, 0.5) is 4.39 Å². The number of carboxylic acids is 1. The summed E-state index contributed by atoms with van der Waals surface area (Å²) < 4.78 is 12.9. The van der Waals surface area contributed by atoms with Crippen molar-refractivity contribution in [3.8, 4) is 0 Å². The van der Waals surface area contributed by atoms with E-state index in [2.05, 4.69) is 0 Å². The number of carbonyl (C=O) groups is 2. The summed E-state index contributed by atoms with van der Waals surface area (Å²) in [5, 5.41) is 8.92. The molecule has 0 bridgehead atoms. The third kappa shape index (κ3) is 2.66. The Hall–Kier alpha value is -1.91. The number of halogens is 1. The summed E-state index contributed by atoms with van der Waals surface area (Å²) in [6.07, 6.45) is 2.38. The number of aliphatic carboxylic acids is 1. The van der Waals surface area contributed by atoms with Gasteiger partial charge in [0.1, 0.15) is 5.82 Å². The lowest BCUT2D eigenvalue weighted by atomic mass is 10.2. The summed E-state index contributed by atoms with van der Waals surface area (Å²) in [5.41, 5.74) is 0.874. The largest absolute Gasteiger partial charge is 0.481 e. The Kier molecular flexibility index (Phi) is 3.20. The van der Waals surface area contributed by atoms with E-state index in [0.717, 1.165) is 18.4 Å². The molecule has 1 N–H and O–H groups in total. The van der Waals surface area contributed by atoms with Crippen molar-refractivity contribution in [2.45, 2.75) is 31.8 Å². The number of hydrogen-bond acceptors (Lipinski definition) is 2. The lowest BCUT2D eigenvalue weighted by Crippen LogP contribution is -2.34. The first-order valence-corrected chi connectivity index (χ1v) is 6.84. The van der Waals surface area contributed by atoms with Crippen molar-refractivity contribution >= 4 is 11.9 Å². The van der Waals surface area contributed by atoms with Gasteiger partial charge >= 0.3 is 5.97 Å². The fourth-order valence-electron chi connectivity index (χ4n) is 2.51. The molecular weight excluding hydrogens is 261 g/mol. The molecule has 0 heterocycles. The first-order valence-electron chi connectivity index (χ1n) is 6.84. The molecule has 2 aliphatic rings. The van der Waals surface area contributed by atoms with E-state index in [4.69, 9.17) is 5.11 Å². The average molecular weight is 277 g/mol. The van der Waals surface area contributed by atoms with Crippen molar-refractivity contribution < 1.29 is 19.1 Å². The van der Waals surface area contributed by atoms with Crippen LogP contribution < -0.4 is 0 Å². The van der Waals surface area contributed by atoms with Crippen molar-refractivity contribution in [3.63, 3.8) is 0 Å². The number of amides is 1. The predicted molar refractivity (Wildman–Crippen MR) is 69.2 cm³/mol. The topological polar surface area (TPSA) is 57.6 Å². The van der Waals surface area contributed by atoms with Crippen LogP contribution in [0, 0.1) is 17.7 Å². The van der Waals surface area contributed by atoms with Crippen LogP contribution in [0.2, 0.25) is 0 Å². The molecule has 1 aromatic carbocycles. The first kappa shape index (κ1) is 13.1. The highest BCUT2D eigenvalue weighted by atomic mass is 19.1. The first-order chi connectivity index (χ1) is 9.56. The second-order valence-corrected chi connectivity index (χ2v) is 5.61. The van der Waals surface area contributed by atoms with Crippen molar-refractivity contribution in [1.29, 1.82) is 0 Å².